The van der Waals surface area contributed by atoms with Gasteiger partial charge in [0.15, 0.2) is 0 Å². The van der Waals surface area contributed by atoms with Gasteiger partial charge in [-0.3, -0.25) is 9.55 Å². The average molecular weight is 252 g/mol. The Kier molecular flexibility index (Phi) is 4.88. The minimum absolute atomic E-state index is 0.0333. The predicted molar refractivity (Wildman–Crippen MR) is 62.5 cm³/mol. The molecule has 0 aromatic heterocycles. The summed E-state index contributed by atoms with van der Waals surface area (Å²) in [7, 11) is -3.60. The summed E-state index contributed by atoms with van der Waals surface area (Å²) in [5, 5.41) is 0. The number of nitrogens with two attached hydrogens (primary N) is 1. The van der Waals surface area contributed by atoms with Gasteiger partial charge in [0.25, 0.3) is 0 Å². The van der Waals surface area contributed by atoms with Crippen LogP contribution in [-0.2, 0) is 9.15 Å². The van der Waals surface area contributed by atoms with Crippen LogP contribution in [0.5, 0.6) is 0 Å². The van der Waals surface area contributed by atoms with E-state index in [1.165, 1.54) is 25.7 Å². The topological polar surface area (TPSA) is 92.8 Å². The largest absolute Gasteiger partial charge is 0.387 e. The van der Waals surface area contributed by atoms with Crippen LogP contribution in [-0.4, -0.2) is 31.1 Å². The van der Waals surface area contributed by atoms with E-state index in [1.807, 2.05) is 0 Å². The highest BCUT2D eigenvalue weighted by Gasteiger charge is 2.14. The molecule has 0 unspecified atom stereocenters. The van der Waals surface area contributed by atoms with Crippen molar-refractivity contribution in [3.05, 3.63) is 0 Å². The van der Waals surface area contributed by atoms with Gasteiger partial charge in [0.2, 0.25) is 0 Å². The lowest BCUT2D eigenvalue weighted by atomic mass is 10.1. The van der Waals surface area contributed by atoms with Crippen molar-refractivity contribution in [3.8, 4) is 0 Å². The van der Waals surface area contributed by atoms with Crippen molar-refractivity contribution in [2.45, 2.75) is 25.7 Å². The molecule has 0 aromatic carbocycles. The normalized spacial score (nSPS) is 19.7. The molecule has 1 aliphatic carbocycles. The van der Waals surface area contributed by atoms with Crippen molar-refractivity contribution >= 4 is 25.8 Å². The van der Waals surface area contributed by atoms with Crippen LogP contribution in [0.15, 0.2) is 4.99 Å². The van der Waals surface area contributed by atoms with Crippen LogP contribution in [0.1, 0.15) is 25.7 Å². The van der Waals surface area contributed by atoms with Crippen LogP contribution in [0.4, 0.5) is 0 Å². The third-order valence-electron chi connectivity index (χ3n) is 2.38. The van der Waals surface area contributed by atoms with E-state index in [4.69, 9.17) is 10.3 Å². The maximum Gasteiger partial charge on any atom is 0.320 e. The molecule has 0 bridgehead atoms. The Morgan fingerprint density at radius 3 is 2.60 bits per heavy atom. The fourth-order valence-electron chi connectivity index (χ4n) is 1.62. The lowest BCUT2D eigenvalue weighted by molar-refractivity contribution is 0.503. The average Bonchev–Trinajstić information content (AvgIpc) is 2.62. The molecule has 0 radical (unpaired) electrons. The van der Waals surface area contributed by atoms with Crippen molar-refractivity contribution in [1.29, 1.82) is 0 Å². The van der Waals surface area contributed by atoms with Crippen LogP contribution in [0.2, 0.25) is 0 Å². The molecule has 1 fully saturated rings. The fraction of sp³-hybridized carbons (Fsp3) is 0.875. The molecule has 0 atom stereocenters. The summed E-state index contributed by atoms with van der Waals surface area (Å²) in [4.78, 5) is 4.11. The molecule has 88 valence electrons. The highest BCUT2D eigenvalue weighted by Crippen LogP contribution is 2.24. The second-order valence-corrected chi connectivity index (χ2v) is 7.02. The molecule has 1 rings (SSSR count). The Balaban J connectivity index is 2.26. The van der Waals surface area contributed by atoms with Gasteiger partial charge < -0.3 is 5.73 Å². The Labute approximate surface area is 93.7 Å². The first-order valence-corrected chi connectivity index (χ1v) is 7.82. The van der Waals surface area contributed by atoms with Crippen molar-refractivity contribution < 1.29 is 13.0 Å². The van der Waals surface area contributed by atoms with E-state index in [1.54, 1.807) is 0 Å². The summed E-state index contributed by atoms with van der Waals surface area (Å²) in [6.07, 6.45) is 4.87. The lowest BCUT2D eigenvalue weighted by Crippen LogP contribution is -2.17. The lowest BCUT2D eigenvalue weighted by Gasteiger charge is -2.05. The van der Waals surface area contributed by atoms with Crippen LogP contribution in [0.3, 0.4) is 0 Å². The fourth-order valence-corrected chi connectivity index (χ4v) is 2.79. The molecule has 0 heterocycles. The standard InChI is InChI=1S/C8H16N2O3S2/c9-8(6-14-15(11,12)13)10-5-7-3-1-2-4-7/h7H,1-6H2,(H2,9,10)(H,11,12,13). The first-order chi connectivity index (χ1) is 6.97. The zero-order valence-corrected chi connectivity index (χ0v) is 10.1. The van der Waals surface area contributed by atoms with Crippen LogP contribution in [0, 0.1) is 5.92 Å². The maximum absolute atomic E-state index is 10.4. The zero-order chi connectivity index (χ0) is 11.3. The molecule has 0 spiro atoms. The van der Waals surface area contributed by atoms with E-state index in [-0.39, 0.29) is 11.6 Å². The van der Waals surface area contributed by atoms with Gasteiger partial charge in [-0.05, 0) is 18.8 Å². The van der Waals surface area contributed by atoms with E-state index >= 15 is 0 Å². The molecular weight excluding hydrogens is 236 g/mol. The molecule has 3 N–H and O–H groups in total. The summed E-state index contributed by atoms with van der Waals surface area (Å²) >= 11 is 0. The summed E-state index contributed by atoms with van der Waals surface area (Å²) in [6.45, 7) is 0.678. The minimum Gasteiger partial charge on any atom is -0.387 e. The second kappa shape index (κ2) is 5.72. The maximum atomic E-state index is 10.4. The number of nitrogens with zero attached hydrogens (tertiary/aromatic N) is 1. The quantitative estimate of drug-likeness (QED) is 0.330. The van der Waals surface area contributed by atoms with Crippen LogP contribution < -0.4 is 5.73 Å². The molecular formula is C8H16N2O3S2. The Bertz CT molecular complexity index is 321. The van der Waals surface area contributed by atoms with Crippen molar-refractivity contribution in [2.75, 3.05) is 12.3 Å². The smallest absolute Gasteiger partial charge is 0.320 e. The number of hydrogen-bond acceptors (Lipinski definition) is 4. The molecule has 0 aromatic rings. The van der Waals surface area contributed by atoms with E-state index in [9.17, 15) is 8.42 Å². The van der Waals surface area contributed by atoms with Gasteiger partial charge in [-0.1, -0.05) is 12.8 Å². The monoisotopic (exact) mass is 252 g/mol. The SMILES string of the molecule is NC(CSS(=O)(=O)O)=NCC1CCCC1. The number of amidine groups is 1. The van der Waals surface area contributed by atoms with Gasteiger partial charge in [0.1, 0.15) is 5.84 Å². The number of aliphatic imine (C=N–C) groups is 1. The third-order valence-corrected chi connectivity index (χ3v) is 4.34. The first-order valence-electron chi connectivity index (χ1n) is 4.88. The van der Waals surface area contributed by atoms with Gasteiger partial charge in [-0.2, -0.15) is 8.42 Å². The van der Waals surface area contributed by atoms with Gasteiger partial charge in [-0.15, -0.1) is 0 Å². The number of hydrogen-bond donors (Lipinski definition) is 2. The summed E-state index contributed by atoms with van der Waals surface area (Å²) in [6, 6.07) is 0. The number of rotatable bonds is 5. The third kappa shape index (κ3) is 6.01. The molecule has 0 amide bonds. The Morgan fingerprint density at radius 2 is 2.07 bits per heavy atom. The van der Waals surface area contributed by atoms with Gasteiger partial charge in [-0.25, -0.2) is 0 Å². The summed E-state index contributed by atoms with van der Waals surface area (Å²) in [5.74, 6) is 0.912. The van der Waals surface area contributed by atoms with E-state index in [0.717, 1.165) is 0 Å². The molecule has 15 heavy (non-hydrogen) atoms. The summed E-state index contributed by atoms with van der Waals surface area (Å²) < 4.78 is 29.3. The van der Waals surface area contributed by atoms with Crippen molar-refractivity contribution in [1.82, 2.24) is 0 Å². The van der Waals surface area contributed by atoms with Crippen LogP contribution in [0.25, 0.3) is 0 Å². The Morgan fingerprint density at radius 1 is 1.47 bits per heavy atom. The van der Waals surface area contributed by atoms with E-state index < -0.39 is 9.15 Å². The van der Waals surface area contributed by atoms with Crippen LogP contribution >= 0.6 is 10.8 Å². The second-order valence-electron chi connectivity index (χ2n) is 3.67. The molecule has 5 nitrogen and oxygen atoms in total. The van der Waals surface area contributed by atoms with Gasteiger partial charge in [0, 0.05) is 17.3 Å². The molecule has 1 saturated carbocycles. The molecule has 1 aliphatic rings. The highest BCUT2D eigenvalue weighted by molar-refractivity contribution is 8.70. The van der Waals surface area contributed by atoms with Gasteiger partial charge >= 0.3 is 9.15 Å². The molecule has 0 saturated heterocycles. The highest BCUT2D eigenvalue weighted by atomic mass is 33.1. The first kappa shape index (κ1) is 12.8. The predicted octanol–water partition coefficient (Wildman–Crippen LogP) is 1.07. The van der Waals surface area contributed by atoms with Gasteiger partial charge in [0.05, 0.1) is 5.75 Å². The summed E-state index contributed by atoms with van der Waals surface area (Å²) in [5.41, 5.74) is 5.51. The minimum atomic E-state index is -4.00. The van der Waals surface area contributed by atoms with Crippen molar-refractivity contribution in [3.63, 3.8) is 0 Å². The zero-order valence-electron chi connectivity index (χ0n) is 8.42. The van der Waals surface area contributed by atoms with E-state index in [2.05, 4.69) is 4.99 Å². The molecule has 0 aliphatic heterocycles. The van der Waals surface area contributed by atoms with E-state index in [0.29, 0.717) is 23.3 Å². The van der Waals surface area contributed by atoms with Crippen molar-refractivity contribution in [2.24, 2.45) is 16.6 Å². The Hall–Kier alpha value is -0.270. The molecule has 7 heteroatoms.